The predicted octanol–water partition coefficient (Wildman–Crippen LogP) is 1.72. The Balaban J connectivity index is 2.89. The summed E-state index contributed by atoms with van der Waals surface area (Å²) in [7, 11) is 0. The molecule has 1 aromatic carbocycles. The molecule has 0 unspecified atom stereocenters. The lowest BCUT2D eigenvalue weighted by Gasteiger charge is -1.97. The van der Waals surface area contributed by atoms with Crippen LogP contribution in [0.4, 0.5) is 4.39 Å². The van der Waals surface area contributed by atoms with Crippen LogP contribution in [0.15, 0.2) is 23.1 Å². The normalized spacial score (nSPS) is 10.6. The summed E-state index contributed by atoms with van der Waals surface area (Å²) in [5.74, 6) is -0.571. The predicted molar refractivity (Wildman–Crippen MR) is 47.3 cm³/mol. The molecule has 0 fully saturated rings. The number of benzene rings is 1. The van der Waals surface area contributed by atoms with Gasteiger partial charge in [0, 0.05) is 6.07 Å². The van der Waals surface area contributed by atoms with Gasteiger partial charge >= 0.3 is 0 Å². The largest absolute Gasteiger partial charge is 0.319 e. The van der Waals surface area contributed by atoms with E-state index in [1.807, 2.05) is 0 Å². The van der Waals surface area contributed by atoms with Crippen molar-refractivity contribution < 1.29 is 4.39 Å². The van der Waals surface area contributed by atoms with Crippen LogP contribution in [0.5, 0.6) is 0 Å². The van der Waals surface area contributed by atoms with Gasteiger partial charge in [-0.15, -0.1) is 0 Å². The summed E-state index contributed by atoms with van der Waals surface area (Å²) >= 11 is 5.52. The standard InChI is InChI=1S/C8H4ClFN2O/c9-4-1-6-7(2-5(4)10)12-8(13)3-11-6/h1-3H,(H,12,13). The van der Waals surface area contributed by atoms with Crippen molar-refractivity contribution in [3.63, 3.8) is 0 Å². The number of H-pyrrole nitrogens is 1. The minimum atomic E-state index is -0.571. The van der Waals surface area contributed by atoms with Gasteiger partial charge in [-0.05, 0) is 6.07 Å². The first-order valence-corrected chi connectivity index (χ1v) is 3.89. The molecule has 2 aromatic rings. The van der Waals surface area contributed by atoms with E-state index in [-0.39, 0.29) is 10.6 Å². The van der Waals surface area contributed by atoms with Gasteiger partial charge in [0.25, 0.3) is 5.56 Å². The Kier molecular flexibility index (Phi) is 1.77. The lowest BCUT2D eigenvalue weighted by Crippen LogP contribution is -2.04. The highest BCUT2D eigenvalue weighted by atomic mass is 35.5. The Morgan fingerprint density at radius 1 is 1.46 bits per heavy atom. The molecule has 3 nitrogen and oxygen atoms in total. The van der Waals surface area contributed by atoms with Gasteiger partial charge in [-0.25, -0.2) is 9.37 Å². The van der Waals surface area contributed by atoms with Crippen LogP contribution in [0.1, 0.15) is 0 Å². The summed E-state index contributed by atoms with van der Waals surface area (Å²) in [6, 6.07) is 2.51. The lowest BCUT2D eigenvalue weighted by atomic mass is 10.3. The molecule has 1 aromatic heterocycles. The molecule has 0 radical (unpaired) electrons. The number of halogens is 2. The zero-order valence-electron chi connectivity index (χ0n) is 6.34. The molecule has 0 atom stereocenters. The highest BCUT2D eigenvalue weighted by Gasteiger charge is 2.03. The first-order chi connectivity index (χ1) is 6.16. The van der Waals surface area contributed by atoms with Crippen LogP contribution in [0, 0.1) is 5.82 Å². The maximum atomic E-state index is 12.9. The Morgan fingerprint density at radius 3 is 3.00 bits per heavy atom. The zero-order chi connectivity index (χ0) is 9.42. The summed E-state index contributed by atoms with van der Waals surface area (Å²) in [6.45, 7) is 0. The van der Waals surface area contributed by atoms with Crippen molar-refractivity contribution in [2.75, 3.05) is 0 Å². The molecule has 0 bridgehead atoms. The summed E-state index contributed by atoms with van der Waals surface area (Å²) < 4.78 is 12.9. The molecule has 0 saturated carbocycles. The lowest BCUT2D eigenvalue weighted by molar-refractivity contribution is 0.629. The van der Waals surface area contributed by atoms with Crippen LogP contribution >= 0.6 is 11.6 Å². The smallest absolute Gasteiger partial charge is 0.266 e. The van der Waals surface area contributed by atoms with Crippen LogP contribution in [-0.2, 0) is 0 Å². The molecule has 0 amide bonds. The van der Waals surface area contributed by atoms with Crippen molar-refractivity contribution >= 4 is 22.6 Å². The third-order valence-electron chi connectivity index (χ3n) is 1.62. The van der Waals surface area contributed by atoms with Crippen LogP contribution in [0.3, 0.4) is 0 Å². The molecule has 1 N–H and O–H groups in total. The average molecular weight is 199 g/mol. The van der Waals surface area contributed by atoms with Crippen LogP contribution < -0.4 is 5.56 Å². The fourth-order valence-electron chi connectivity index (χ4n) is 1.04. The SMILES string of the molecule is O=c1cnc2cc(Cl)c(F)cc2[nH]1. The van der Waals surface area contributed by atoms with Gasteiger partial charge in [-0.2, -0.15) is 0 Å². The Bertz CT molecular complexity index is 523. The van der Waals surface area contributed by atoms with Gasteiger partial charge in [-0.3, -0.25) is 4.79 Å². The fourth-order valence-corrected chi connectivity index (χ4v) is 1.19. The maximum Gasteiger partial charge on any atom is 0.266 e. The second kappa shape index (κ2) is 2.81. The van der Waals surface area contributed by atoms with E-state index in [0.717, 1.165) is 12.3 Å². The Morgan fingerprint density at radius 2 is 2.23 bits per heavy atom. The Hall–Kier alpha value is -1.42. The molecular formula is C8H4ClFN2O. The van der Waals surface area contributed by atoms with Crippen molar-refractivity contribution in [2.45, 2.75) is 0 Å². The quantitative estimate of drug-likeness (QED) is 0.701. The number of hydrogen-bond donors (Lipinski definition) is 1. The molecular weight excluding hydrogens is 195 g/mol. The number of rotatable bonds is 0. The summed E-state index contributed by atoms with van der Waals surface area (Å²) in [5.41, 5.74) is 0.439. The molecule has 2 rings (SSSR count). The van der Waals surface area contributed by atoms with E-state index in [2.05, 4.69) is 9.97 Å². The molecule has 0 spiro atoms. The second-order valence-electron chi connectivity index (χ2n) is 2.53. The van der Waals surface area contributed by atoms with E-state index in [1.165, 1.54) is 6.07 Å². The third-order valence-corrected chi connectivity index (χ3v) is 1.91. The number of nitrogens with one attached hydrogen (secondary N) is 1. The van der Waals surface area contributed by atoms with Gasteiger partial charge in [0.05, 0.1) is 22.3 Å². The molecule has 13 heavy (non-hydrogen) atoms. The first-order valence-electron chi connectivity index (χ1n) is 3.51. The highest BCUT2D eigenvalue weighted by Crippen LogP contribution is 2.18. The van der Waals surface area contributed by atoms with Gasteiger partial charge in [0.2, 0.25) is 0 Å². The van der Waals surface area contributed by atoms with Gasteiger partial charge in [-0.1, -0.05) is 11.6 Å². The molecule has 0 aliphatic rings. The zero-order valence-corrected chi connectivity index (χ0v) is 7.10. The van der Waals surface area contributed by atoms with Crippen molar-refractivity contribution in [2.24, 2.45) is 0 Å². The highest BCUT2D eigenvalue weighted by molar-refractivity contribution is 6.31. The van der Waals surface area contributed by atoms with Gasteiger partial charge in [0.1, 0.15) is 5.82 Å². The third kappa shape index (κ3) is 1.40. The average Bonchev–Trinajstić information content (AvgIpc) is 2.08. The number of hydrogen-bond acceptors (Lipinski definition) is 2. The van der Waals surface area contributed by atoms with Gasteiger partial charge < -0.3 is 4.98 Å². The van der Waals surface area contributed by atoms with E-state index in [9.17, 15) is 9.18 Å². The molecule has 0 aliphatic heterocycles. The van der Waals surface area contributed by atoms with Crippen LogP contribution in [-0.4, -0.2) is 9.97 Å². The molecule has 0 saturated heterocycles. The van der Waals surface area contributed by atoms with Crippen LogP contribution in [0.2, 0.25) is 5.02 Å². The fraction of sp³-hybridized carbons (Fsp3) is 0. The number of nitrogens with zero attached hydrogens (tertiary/aromatic N) is 1. The topological polar surface area (TPSA) is 45.8 Å². The number of aromatic nitrogens is 2. The minimum absolute atomic E-state index is 0.00736. The van der Waals surface area contributed by atoms with E-state index >= 15 is 0 Å². The van der Waals surface area contributed by atoms with Crippen molar-refractivity contribution in [3.8, 4) is 0 Å². The first kappa shape index (κ1) is 8.19. The number of fused-ring (bicyclic) bond motifs is 1. The number of aromatic amines is 1. The summed E-state index contributed by atoms with van der Waals surface area (Å²) in [6.07, 6.45) is 1.12. The van der Waals surface area contributed by atoms with Crippen LogP contribution in [0.25, 0.3) is 11.0 Å². The maximum absolute atomic E-state index is 12.9. The molecule has 5 heteroatoms. The van der Waals surface area contributed by atoms with Crippen molar-refractivity contribution in [1.82, 2.24) is 9.97 Å². The van der Waals surface area contributed by atoms with E-state index in [1.54, 1.807) is 0 Å². The Labute approximate surface area is 77.2 Å². The molecule has 0 aliphatic carbocycles. The summed E-state index contributed by atoms with van der Waals surface area (Å²) in [5, 5.41) is -0.00736. The van der Waals surface area contributed by atoms with Crippen molar-refractivity contribution in [3.05, 3.63) is 39.5 Å². The van der Waals surface area contributed by atoms with Gasteiger partial charge in [0.15, 0.2) is 0 Å². The molecule has 1 heterocycles. The minimum Gasteiger partial charge on any atom is -0.319 e. The van der Waals surface area contributed by atoms with E-state index < -0.39 is 5.82 Å². The summed E-state index contributed by atoms with van der Waals surface area (Å²) in [4.78, 5) is 17.0. The second-order valence-corrected chi connectivity index (χ2v) is 2.94. The van der Waals surface area contributed by atoms with E-state index in [4.69, 9.17) is 11.6 Å². The van der Waals surface area contributed by atoms with Crippen molar-refractivity contribution in [1.29, 1.82) is 0 Å². The monoisotopic (exact) mass is 198 g/mol. The molecule has 66 valence electrons. The van der Waals surface area contributed by atoms with E-state index in [0.29, 0.717) is 11.0 Å².